The second kappa shape index (κ2) is 9.89. The second-order valence-corrected chi connectivity index (χ2v) is 8.69. The van der Waals surface area contributed by atoms with Crippen molar-refractivity contribution in [2.75, 3.05) is 32.9 Å². The molecular formula is C18H31N5O2S. The van der Waals surface area contributed by atoms with Gasteiger partial charge in [-0.3, -0.25) is 9.89 Å². The van der Waals surface area contributed by atoms with E-state index in [1.54, 1.807) is 7.05 Å². The van der Waals surface area contributed by atoms with Crippen LogP contribution in [0.3, 0.4) is 0 Å². The summed E-state index contributed by atoms with van der Waals surface area (Å²) in [5, 5.41) is 6.72. The van der Waals surface area contributed by atoms with Gasteiger partial charge in [-0.15, -0.1) is 0 Å². The zero-order valence-corrected chi connectivity index (χ0v) is 16.7. The summed E-state index contributed by atoms with van der Waals surface area (Å²) in [6.45, 7) is 5.29. The Bertz CT molecular complexity index is 678. The zero-order chi connectivity index (χ0) is 19.0. The number of guanidine groups is 1. The third-order valence-electron chi connectivity index (χ3n) is 4.51. The minimum atomic E-state index is -3.12. The molecule has 0 bridgehead atoms. The van der Waals surface area contributed by atoms with Crippen LogP contribution in [0.25, 0.3) is 0 Å². The molecule has 2 atom stereocenters. The normalized spacial score (nSPS) is 21.7. The lowest BCUT2D eigenvalue weighted by atomic mass is 10.2. The van der Waals surface area contributed by atoms with Gasteiger partial charge in [0.2, 0.25) is 10.0 Å². The molecule has 1 fully saturated rings. The Kier molecular flexibility index (Phi) is 7.86. The molecule has 0 aliphatic carbocycles. The Hall–Kier alpha value is -1.64. The Morgan fingerprint density at radius 1 is 1.27 bits per heavy atom. The fourth-order valence-corrected chi connectivity index (χ4v) is 3.70. The standard InChI is InChI=1S/C18H31N5O2S/c1-15-12-17(14-23(15)13-16-8-5-4-6-9-16)22-18(19-2)20-10-7-11-21-26(3,24)25/h4-6,8-9,15,17,21H,7,10-14H2,1-3H3,(H2,19,20,22). The number of likely N-dealkylation sites (tertiary alicyclic amines) is 1. The van der Waals surface area contributed by atoms with Crippen LogP contribution in [-0.4, -0.2) is 64.3 Å². The Balaban J connectivity index is 1.73. The lowest BCUT2D eigenvalue weighted by Crippen LogP contribution is -2.45. The molecular weight excluding hydrogens is 350 g/mol. The minimum Gasteiger partial charge on any atom is -0.356 e. The highest BCUT2D eigenvalue weighted by Crippen LogP contribution is 2.20. The molecule has 1 aliphatic rings. The van der Waals surface area contributed by atoms with Crippen LogP contribution in [0.2, 0.25) is 0 Å². The number of benzene rings is 1. The van der Waals surface area contributed by atoms with E-state index in [0.717, 1.165) is 25.5 Å². The molecule has 2 rings (SSSR count). The maximum Gasteiger partial charge on any atom is 0.208 e. The van der Waals surface area contributed by atoms with Crippen molar-refractivity contribution in [3.8, 4) is 0 Å². The van der Waals surface area contributed by atoms with E-state index in [0.29, 0.717) is 31.6 Å². The van der Waals surface area contributed by atoms with Crippen molar-refractivity contribution >= 4 is 16.0 Å². The molecule has 0 amide bonds. The fraction of sp³-hybridized carbons (Fsp3) is 0.611. The molecule has 0 spiro atoms. The molecule has 26 heavy (non-hydrogen) atoms. The number of nitrogens with zero attached hydrogens (tertiary/aromatic N) is 2. The number of hydrogen-bond donors (Lipinski definition) is 3. The van der Waals surface area contributed by atoms with Gasteiger partial charge in [0.25, 0.3) is 0 Å². The average Bonchev–Trinajstić information content (AvgIpc) is 2.92. The molecule has 0 aromatic heterocycles. The van der Waals surface area contributed by atoms with E-state index >= 15 is 0 Å². The van der Waals surface area contributed by atoms with E-state index in [1.807, 2.05) is 6.07 Å². The SMILES string of the molecule is CN=C(NCCCNS(C)(=O)=O)NC1CC(C)N(Cc2ccccc2)C1. The van der Waals surface area contributed by atoms with Gasteiger partial charge in [0.1, 0.15) is 0 Å². The van der Waals surface area contributed by atoms with Crippen LogP contribution in [0.4, 0.5) is 0 Å². The summed E-state index contributed by atoms with van der Waals surface area (Å²) in [6.07, 6.45) is 2.95. The van der Waals surface area contributed by atoms with Crippen molar-refractivity contribution in [1.29, 1.82) is 0 Å². The Morgan fingerprint density at radius 3 is 2.65 bits per heavy atom. The lowest BCUT2D eigenvalue weighted by molar-refractivity contribution is 0.258. The molecule has 1 saturated heterocycles. The summed E-state index contributed by atoms with van der Waals surface area (Å²) in [6, 6.07) is 11.4. The quantitative estimate of drug-likeness (QED) is 0.352. The fourth-order valence-electron chi connectivity index (χ4n) is 3.18. The lowest BCUT2D eigenvalue weighted by Gasteiger charge is -2.21. The third-order valence-corrected chi connectivity index (χ3v) is 5.24. The number of nitrogens with one attached hydrogen (secondary N) is 3. The Morgan fingerprint density at radius 2 is 2.00 bits per heavy atom. The maximum absolute atomic E-state index is 11.0. The largest absolute Gasteiger partial charge is 0.356 e. The van der Waals surface area contributed by atoms with E-state index in [-0.39, 0.29) is 0 Å². The van der Waals surface area contributed by atoms with Crippen molar-refractivity contribution in [2.24, 2.45) is 4.99 Å². The van der Waals surface area contributed by atoms with Crippen molar-refractivity contribution in [1.82, 2.24) is 20.3 Å². The maximum atomic E-state index is 11.0. The van der Waals surface area contributed by atoms with Crippen molar-refractivity contribution in [3.63, 3.8) is 0 Å². The predicted octanol–water partition coefficient (Wildman–Crippen LogP) is 0.754. The first-order chi connectivity index (χ1) is 12.4. The topological polar surface area (TPSA) is 85.8 Å². The molecule has 1 aliphatic heterocycles. The molecule has 1 aromatic rings. The molecule has 7 nitrogen and oxygen atoms in total. The molecule has 2 unspecified atom stereocenters. The molecule has 3 N–H and O–H groups in total. The average molecular weight is 382 g/mol. The van der Waals surface area contributed by atoms with Crippen LogP contribution in [0.15, 0.2) is 35.3 Å². The van der Waals surface area contributed by atoms with Gasteiger partial charge in [-0.2, -0.15) is 0 Å². The second-order valence-electron chi connectivity index (χ2n) is 6.86. The van der Waals surface area contributed by atoms with Gasteiger partial charge in [0, 0.05) is 45.3 Å². The number of hydrogen-bond acceptors (Lipinski definition) is 4. The smallest absolute Gasteiger partial charge is 0.208 e. The number of rotatable bonds is 8. The predicted molar refractivity (Wildman–Crippen MR) is 107 cm³/mol. The van der Waals surface area contributed by atoms with E-state index in [9.17, 15) is 8.42 Å². The van der Waals surface area contributed by atoms with Gasteiger partial charge >= 0.3 is 0 Å². The highest BCUT2D eigenvalue weighted by Gasteiger charge is 2.29. The van der Waals surface area contributed by atoms with E-state index < -0.39 is 10.0 Å². The molecule has 0 saturated carbocycles. The van der Waals surface area contributed by atoms with Crippen molar-refractivity contribution < 1.29 is 8.42 Å². The summed E-state index contributed by atoms with van der Waals surface area (Å²) in [5.41, 5.74) is 1.33. The monoisotopic (exact) mass is 381 g/mol. The van der Waals surface area contributed by atoms with Gasteiger partial charge in [-0.25, -0.2) is 13.1 Å². The van der Waals surface area contributed by atoms with E-state index in [2.05, 4.69) is 56.4 Å². The van der Waals surface area contributed by atoms with Crippen LogP contribution in [-0.2, 0) is 16.6 Å². The summed E-state index contributed by atoms with van der Waals surface area (Å²) in [7, 11) is -1.36. The van der Waals surface area contributed by atoms with Crippen LogP contribution in [0.5, 0.6) is 0 Å². The molecule has 1 heterocycles. The van der Waals surface area contributed by atoms with Gasteiger partial charge in [-0.05, 0) is 25.3 Å². The summed E-state index contributed by atoms with van der Waals surface area (Å²) in [5.74, 6) is 0.767. The molecule has 8 heteroatoms. The molecule has 146 valence electrons. The van der Waals surface area contributed by atoms with Crippen LogP contribution in [0.1, 0.15) is 25.3 Å². The van der Waals surface area contributed by atoms with Gasteiger partial charge in [-0.1, -0.05) is 30.3 Å². The first kappa shape index (κ1) is 20.7. The van der Waals surface area contributed by atoms with Crippen molar-refractivity contribution in [3.05, 3.63) is 35.9 Å². The highest BCUT2D eigenvalue weighted by molar-refractivity contribution is 7.88. The van der Waals surface area contributed by atoms with Gasteiger partial charge < -0.3 is 10.6 Å². The summed E-state index contributed by atoms with van der Waals surface area (Å²) >= 11 is 0. The van der Waals surface area contributed by atoms with E-state index in [4.69, 9.17) is 0 Å². The van der Waals surface area contributed by atoms with Crippen LogP contribution >= 0.6 is 0 Å². The van der Waals surface area contributed by atoms with Crippen molar-refractivity contribution in [2.45, 2.75) is 38.4 Å². The Labute approximate surface area is 157 Å². The van der Waals surface area contributed by atoms with Gasteiger partial charge in [0.05, 0.1) is 6.26 Å². The number of sulfonamides is 1. The molecule has 0 radical (unpaired) electrons. The number of aliphatic imine (C=N–C) groups is 1. The third kappa shape index (κ3) is 7.31. The zero-order valence-electron chi connectivity index (χ0n) is 15.9. The minimum absolute atomic E-state index is 0.356. The van der Waals surface area contributed by atoms with Crippen LogP contribution < -0.4 is 15.4 Å². The van der Waals surface area contributed by atoms with E-state index in [1.165, 1.54) is 11.8 Å². The molecule has 1 aromatic carbocycles. The van der Waals surface area contributed by atoms with Crippen LogP contribution in [0, 0.1) is 0 Å². The highest BCUT2D eigenvalue weighted by atomic mass is 32.2. The first-order valence-electron chi connectivity index (χ1n) is 9.07. The summed E-state index contributed by atoms with van der Waals surface area (Å²) in [4.78, 5) is 6.75. The first-order valence-corrected chi connectivity index (χ1v) is 11.0. The summed E-state index contributed by atoms with van der Waals surface area (Å²) < 4.78 is 24.6. The van der Waals surface area contributed by atoms with Gasteiger partial charge in [0.15, 0.2) is 5.96 Å².